The van der Waals surface area contributed by atoms with Gasteiger partial charge in [0.25, 0.3) is 5.56 Å². The molecular weight excluding hydrogens is 292 g/mol. The Balaban J connectivity index is 2.26. The molecule has 0 fully saturated rings. The Hall–Kier alpha value is -2.53. The minimum Gasteiger partial charge on any atom is -0.503 e. The van der Waals surface area contributed by atoms with Crippen LogP contribution < -0.4 is 10.3 Å². The maximum Gasteiger partial charge on any atom is 0.259 e. The fourth-order valence-corrected chi connectivity index (χ4v) is 2.30. The largest absolute Gasteiger partial charge is 0.503 e. The lowest BCUT2D eigenvalue weighted by atomic mass is 10.1. The van der Waals surface area contributed by atoms with Crippen molar-refractivity contribution in [1.82, 2.24) is 9.97 Å². The number of hydrogen-bond acceptors (Lipinski definition) is 4. The maximum atomic E-state index is 12.1. The van der Waals surface area contributed by atoms with E-state index in [1.54, 1.807) is 24.3 Å². The van der Waals surface area contributed by atoms with Crippen LogP contribution in [0.1, 0.15) is 0 Å². The van der Waals surface area contributed by atoms with Crippen LogP contribution in [-0.2, 0) is 0 Å². The summed E-state index contributed by atoms with van der Waals surface area (Å²) in [5.41, 5.74) is 0.899. The van der Waals surface area contributed by atoms with Gasteiger partial charge in [-0.2, -0.15) is 0 Å². The van der Waals surface area contributed by atoms with E-state index in [0.717, 1.165) is 0 Å². The van der Waals surface area contributed by atoms with Gasteiger partial charge in [0.05, 0.1) is 23.0 Å². The highest BCUT2D eigenvalue weighted by Gasteiger charge is 2.12. The molecule has 0 amide bonds. The number of aromatic hydroxyl groups is 1. The molecule has 0 atom stereocenters. The Morgan fingerprint density at radius 2 is 2.05 bits per heavy atom. The number of hydrogen-bond donors (Lipinski definition) is 2. The summed E-state index contributed by atoms with van der Waals surface area (Å²) in [6.07, 6.45) is 0. The van der Waals surface area contributed by atoms with Crippen molar-refractivity contribution >= 4 is 22.5 Å². The summed E-state index contributed by atoms with van der Waals surface area (Å²) < 4.78 is 5.05. The van der Waals surface area contributed by atoms with Gasteiger partial charge in [-0.1, -0.05) is 23.7 Å². The first-order valence-corrected chi connectivity index (χ1v) is 6.54. The molecule has 6 heteroatoms. The van der Waals surface area contributed by atoms with Gasteiger partial charge in [0, 0.05) is 5.56 Å². The second-order valence-corrected chi connectivity index (χ2v) is 4.85. The maximum absolute atomic E-state index is 12.1. The first kappa shape index (κ1) is 13.5. The van der Waals surface area contributed by atoms with Crippen LogP contribution in [-0.4, -0.2) is 22.2 Å². The molecule has 5 nitrogen and oxygen atoms in total. The lowest BCUT2D eigenvalue weighted by Crippen LogP contribution is -2.09. The predicted molar refractivity (Wildman–Crippen MR) is 81.0 cm³/mol. The van der Waals surface area contributed by atoms with Gasteiger partial charge in [0.15, 0.2) is 11.5 Å². The van der Waals surface area contributed by atoms with Crippen molar-refractivity contribution in [3.8, 4) is 22.9 Å². The van der Waals surface area contributed by atoms with Gasteiger partial charge in [-0.3, -0.25) is 4.79 Å². The molecule has 3 aromatic rings. The normalized spacial score (nSPS) is 10.8. The zero-order valence-corrected chi connectivity index (χ0v) is 11.8. The molecule has 0 radical (unpaired) electrons. The summed E-state index contributed by atoms with van der Waals surface area (Å²) in [4.78, 5) is 19.2. The second kappa shape index (κ2) is 5.10. The molecule has 1 heterocycles. The highest BCUT2D eigenvalue weighted by atomic mass is 35.5. The van der Waals surface area contributed by atoms with Gasteiger partial charge in [-0.15, -0.1) is 0 Å². The van der Waals surface area contributed by atoms with E-state index in [0.29, 0.717) is 22.3 Å². The second-order valence-electron chi connectivity index (χ2n) is 4.44. The number of methoxy groups -OCH3 is 1. The average molecular weight is 303 g/mol. The number of rotatable bonds is 2. The van der Waals surface area contributed by atoms with Crippen molar-refractivity contribution in [2.75, 3.05) is 7.11 Å². The number of halogens is 1. The number of benzene rings is 2. The summed E-state index contributed by atoms with van der Waals surface area (Å²) in [5.74, 6) is 0.429. The van der Waals surface area contributed by atoms with E-state index in [9.17, 15) is 9.90 Å². The van der Waals surface area contributed by atoms with Crippen LogP contribution in [0.2, 0.25) is 5.02 Å². The van der Waals surface area contributed by atoms with Crippen molar-refractivity contribution in [1.29, 1.82) is 0 Å². The lowest BCUT2D eigenvalue weighted by Gasteiger charge is -2.08. The van der Waals surface area contributed by atoms with E-state index in [-0.39, 0.29) is 22.1 Å². The number of aromatic nitrogens is 2. The van der Waals surface area contributed by atoms with Gasteiger partial charge in [-0.25, -0.2) is 4.98 Å². The van der Waals surface area contributed by atoms with Crippen molar-refractivity contribution in [3.05, 3.63) is 51.8 Å². The van der Waals surface area contributed by atoms with Gasteiger partial charge in [0.1, 0.15) is 5.82 Å². The van der Waals surface area contributed by atoms with Crippen LogP contribution in [0, 0.1) is 0 Å². The number of para-hydroxylation sites is 1. The standard InChI is InChI=1S/C15H11ClN2O3/c1-21-12-7-8(6-10(16)13(12)19)14-17-11-5-3-2-4-9(11)15(20)18-14/h2-7,19H,1H3,(H,17,18,20). The molecule has 21 heavy (non-hydrogen) atoms. The molecular formula is C15H11ClN2O3. The molecule has 0 unspecified atom stereocenters. The first-order chi connectivity index (χ1) is 10.1. The monoisotopic (exact) mass is 302 g/mol. The number of nitrogens with zero attached hydrogens (tertiary/aromatic N) is 1. The van der Waals surface area contributed by atoms with E-state index < -0.39 is 0 Å². The lowest BCUT2D eigenvalue weighted by molar-refractivity contribution is 0.374. The minimum atomic E-state index is -0.237. The van der Waals surface area contributed by atoms with Gasteiger partial charge >= 0.3 is 0 Å². The van der Waals surface area contributed by atoms with Crippen LogP contribution in [0.3, 0.4) is 0 Å². The third-order valence-corrected chi connectivity index (χ3v) is 3.42. The third kappa shape index (κ3) is 2.32. The fraction of sp³-hybridized carbons (Fsp3) is 0.0667. The van der Waals surface area contributed by atoms with Crippen LogP contribution in [0.25, 0.3) is 22.3 Å². The van der Waals surface area contributed by atoms with E-state index in [1.165, 1.54) is 13.2 Å². The van der Waals surface area contributed by atoms with Crippen LogP contribution >= 0.6 is 11.6 Å². The summed E-state index contributed by atoms with van der Waals surface area (Å²) >= 11 is 5.96. The van der Waals surface area contributed by atoms with Crippen molar-refractivity contribution in [2.24, 2.45) is 0 Å². The number of nitrogens with one attached hydrogen (secondary N) is 1. The summed E-state index contributed by atoms with van der Waals surface area (Å²) in [6.45, 7) is 0. The number of ether oxygens (including phenoxy) is 1. The zero-order valence-electron chi connectivity index (χ0n) is 11.1. The molecule has 0 saturated heterocycles. The Bertz CT molecular complexity index is 890. The number of aromatic amines is 1. The van der Waals surface area contributed by atoms with Crippen LogP contribution in [0.4, 0.5) is 0 Å². The number of phenolic OH excluding ortho intramolecular Hbond substituents is 1. The topological polar surface area (TPSA) is 75.2 Å². The van der Waals surface area contributed by atoms with Gasteiger partial charge < -0.3 is 14.8 Å². The highest BCUT2D eigenvalue weighted by Crippen LogP contribution is 2.37. The SMILES string of the molecule is COc1cc(-c2nc3ccccc3c(=O)[nH]2)cc(Cl)c1O. The van der Waals surface area contributed by atoms with E-state index >= 15 is 0 Å². The quantitative estimate of drug-likeness (QED) is 0.763. The average Bonchev–Trinajstić information content (AvgIpc) is 2.50. The van der Waals surface area contributed by atoms with Gasteiger partial charge in [0.2, 0.25) is 0 Å². The van der Waals surface area contributed by atoms with E-state index in [4.69, 9.17) is 16.3 Å². The number of H-pyrrole nitrogens is 1. The number of phenols is 1. The van der Waals surface area contributed by atoms with Crippen LogP contribution in [0.5, 0.6) is 11.5 Å². The summed E-state index contributed by atoms with van der Waals surface area (Å²) in [6, 6.07) is 10.1. The van der Waals surface area contributed by atoms with Crippen molar-refractivity contribution in [2.45, 2.75) is 0 Å². The summed E-state index contributed by atoms with van der Waals surface area (Å²) in [5, 5.41) is 10.4. The molecule has 0 spiro atoms. The molecule has 2 N–H and O–H groups in total. The smallest absolute Gasteiger partial charge is 0.259 e. The van der Waals surface area contributed by atoms with Crippen molar-refractivity contribution < 1.29 is 9.84 Å². The van der Waals surface area contributed by atoms with Crippen molar-refractivity contribution in [3.63, 3.8) is 0 Å². The molecule has 2 aromatic carbocycles. The molecule has 0 aliphatic heterocycles. The van der Waals surface area contributed by atoms with Crippen LogP contribution in [0.15, 0.2) is 41.2 Å². The predicted octanol–water partition coefficient (Wildman–Crippen LogP) is 2.96. The zero-order chi connectivity index (χ0) is 15.0. The molecule has 0 bridgehead atoms. The van der Waals surface area contributed by atoms with Gasteiger partial charge in [-0.05, 0) is 24.3 Å². The minimum absolute atomic E-state index is 0.125. The molecule has 0 aliphatic rings. The molecule has 106 valence electrons. The first-order valence-electron chi connectivity index (χ1n) is 6.16. The highest BCUT2D eigenvalue weighted by molar-refractivity contribution is 6.32. The van der Waals surface area contributed by atoms with E-state index in [2.05, 4.69) is 9.97 Å². The Morgan fingerprint density at radius 3 is 2.81 bits per heavy atom. The fourth-order valence-electron chi connectivity index (χ4n) is 2.09. The number of fused-ring (bicyclic) bond motifs is 1. The Labute approximate surface area is 124 Å². The van der Waals surface area contributed by atoms with E-state index in [1.807, 2.05) is 6.07 Å². The Kier molecular flexibility index (Phi) is 3.27. The molecule has 3 rings (SSSR count). The summed E-state index contributed by atoms with van der Waals surface area (Å²) in [7, 11) is 1.42. The third-order valence-electron chi connectivity index (χ3n) is 3.13. The molecule has 0 aliphatic carbocycles. The molecule has 1 aromatic heterocycles. The Morgan fingerprint density at radius 1 is 1.29 bits per heavy atom. The molecule has 0 saturated carbocycles.